The third kappa shape index (κ3) is 6.91. The average molecular weight is 881 g/mol. The van der Waals surface area contributed by atoms with Gasteiger partial charge in [0.1, 0.15) is 11.2 Å². The molecular formula is C66H44N2O. The molecule has 13 aromatic rings. The van der Waals surface area contributed by atoms with E-state index in [4.69, 9.17) is 4.42 Å². The van der Waals surface area contributed by atoms with Gasteiger partial charge in [0.05, 0.1) is 28.1 Å². The van der Waals surface area contributed by atoms with E-state index in [1.54, 1.807) is 0 Å². The molecule has 324 valence electrons. The minimum Gasteiger partial charge on any atom is -0.455 e. The van der Waals surface area contributed by atoms with Gasteiger partial charge in [0.15, 0.2) is 0 Å². The fourth-order valence-corrected chi connectivity index (χ4v) is 10.5. The van der Waals surface area contributed by atoms with Crippen LogP contribution >= 0.6 is 0 Å². The molecule has 11 aromatic carbocycles. The number of aromatic nitrogens is 1. The van der Waals surface area contributed by atoms with E-state index in [2.05, 4.69) is 264 Å². The molecule has 0 saturated heterocycles. The lowest BCUT2D eigenvalue weighted by atomic mass is 9.92. The van der Waals surface area contributed by atoms with Crippen LogP contribution in [0.15, 0.2) is 271 Å². The minimum absolute atomic E-state index is 0.894. The quantitative estimate of drug-likeness (QED) is 0.144. The van der Waals surface area contributed by atoms with Crippen molar-refractivity contribution in [1.29, 1.82) is 0 Å². The predicted octanol–water partition coefficient (Wildman–Crippen LogP) is 18.5. The number of rotatable bonds is 9. The van der Waals surface area contributed by atoms with Crippen LogP contribution in [0.2, 0.25) is 0 Å². The summed E-state index contributed by atoms with van der Waals surface area (Å²) in [6, 6.07) is 96.1. The van der Waals surface area contributed by atoms with Crippen molar-refractivity contribution in [3.8, 4) is 61.3 Å². The molecule has 0 bridgehead atoms. The van der Waals surface area contributed by atoms with Gasteiger partial charge in [-0.3, -0.25) is 0 Å². The summed E-state index contributed by atoms with van der Waals surface area (Å²) < 4.78 is 8.95. The Hall–Kier alpha value is -9.18. The van der Waals surface area contributed by atoms with Crippen molar-refractivity contribution >= 4 is 60.8 Å². The van der Waals surface area contributed by atoms with E-state index in [1.165, 1.54) is 38.5 Å². The molecule has 0 aliphatic rings. The zero-order valence-electron chi connectivity index (χ0n) is 37.7. The zero-order chi connectivity index (χ0) is 45.7. The average Bonchev–Trinajstić information content (AvgIpc) is 3.98. The number of anilines is 3. The van der Waals surface area contributed by atoms with Crippen LogP contribution in [0.1, 0.15) is 0 Å². The van der Waals surface area contributed by atoms with Crippen LogP contribution in [-0.2, 0) is 0 Å². The van der Waals surface area contributed by atoms with Crippen molar-refractivity contribution in [2.75, 3.05) is 4.90 Å². The topological polar surface area (TPSA) is 21.3 Å². The van der Waals surface area contributed by atoms with Gasteiger partial charge in [-0.15, -0.1) is 0 Å². The second-order valence-corrected chi connectivity index (χ2v) is 17.6. The number of para-hydroxylation sites is 7. The molecule has 0 unspecified atom stereocenters. The summed E-state index contributed by atoms with van der Waals surface area (Å²) in [5, 5.41) is 4.74. The maximum Gasteiger partial charge on any atom is 0.143 e. The Morgan fingerprint density at radius 2 is 0.768 bits per heavy atom. The van der Waals surface area contributed by atoms with E-state index >= 15 is 0 Å². The normalized spacial score (nSPS) is 11.5. The van der Waals surface area contributed by atoms with Gasteiger partial charge in [-0.2, -0.15) is 0 Å². The molecule has 0 fully saturated rings. The maximum atomic E-state index is 6.53. The molecular weight excluding hydrogens is 837 g/mol. The van der Waals surface area contributed by atoms with Crippen LogP contribution in [0.3, 0.4) is 0 Å². The molecule has 0 saturated carbocycles. The molecule has 0 N–H and O–H groups in total. The van der Waals surface area contributed by atoms with Crippen LogP contribution in [0.4, 0.5) is 17.1 Å². The first-order valence-electron chi connectivity index (χ1n) is 23.6. The highest BCUT2D eigenvalue weighted by molar-refractivity contribution is 6.11. The van der Waals surface area contributed by atoms with Crippen molar-refractivity contribution in [3.63, 3.8) is 0 Å². The van der Waals surface area contributed by atoms with Crippen LogP contribution in [-0.4, -0.2) is 4.57 Å². The number of benzene rings is 11. The van der Waals surface area contributed by atoms with Gasteiger partial charge < -0.3 is 13.9 Å². The van der Waals surface area contributed by atoms with Gasteiger partial charge in [0.2, 0.25) is 0 Å². The van der Waals surface area contributed by atoms with Gasteiger partial charge in [-0.05, 0) is 88.0 Å². The van der Waals surface area contributed by atoms with Gasteiger partial charge in [-0.25, -0.2) is 0 Å². The summed E-state index contributed by atoms with van der Waals surface area (Å²) in [6.45, 7) is 0. The zero-order valence-corrected chi connectivity index (χ0v) is 37.7. The monoisotopic (exact) mass is 880 g/mol. The Kier molecular flexibility index (Phi) is 9.84. The number of hydrogen-bond donors (Lipinski definition) is 0. The van der Waals surface area contributed by atoms with Crippen molar-refractivity contribution in [2.45, 2.75) is 0 Å². The van der Waals surface area contributed by atoms with E-state index in [0.717, 1.165) is 83.6 Å². The molecule has 0 radical (unpaired) electrons. The molecule has 69 heavy (non-hydrogen) atoms. The van der Waals surface area contributed by atoms with E-state index in [1.807, 2.05) is 12.1 Å². The summed E-state index contributed by atoms with van der Waals surface area (Å²) in [5.74, 6) is 0. The van der Waals surface area contributed by atoms with E-state index in [-0.39, 0.29) is 0 Å². The Morgan fingerprint density at radius 3 is 1.51 bits per heavy atom. The summed E-state index contributed by atoms with van der Waals surface area (Å²) in [6.07, 6.45) is 0. The second-order valence-electron chi connectivity index (χ2n) is 17.6. The largest absolute Gasteiger partial charge is 0.455 e. The fourth-order valence-electron chi connectivity index (χ4n) is 10.5. The smallest absolute Gasteiger partial charge is 0.143 e. The van der Waals surface area contributed by atoms with Crippen LogP contribution in [0.25, 0.3) is 105 Å². The van der Waals surface area contributed by atoms with E-state index in [9.17, 15) is 0 Å². The second kappa shape index (κ2) is 16.9. The first kappa shape index (κ1) is 40.1. The van der Waals surface area contributed by atoms with Crippen LogP contribution < -0.4 is 4.90 Å². The number of hydrogen-bond acceptors (Lipinski definition) is 2. The molecule has 0 atom stereocenters. The number of fused-ring (bicyclic) bond motifs is 6. The minimum atomic E-state index is 0.894. The van der Waals surface area contributed by atoms with E-state index < -0.39 is 0 Å². The standard InChI is InChI=1S/C66H44N2O/c1-2-20-45(21-3-1)50-24-4-5-27-54(50)55-28-8-14-36-62(55)67(49-42-40-46(41-43-49)53-32-19-33-59-58-31-11-17-39-65(58)69-66(53)59)60-34-12-6-25-51(60)47-22-18-23-48(44-47)52-26-7-13-35-61(52)68-63-37-15-9-29-56(63)57-30-10-16-38-64(57)68/h1-44H. The molecule has 0 aliphatic heterocycles. The molecule has 13 rings (SSSR count). The predicted molar refractivity (Wildman–Crippen MR) is 290 cm³/mol. The SMILES string of the molecule is c1ccc(-c2ccccc2-c2ccccc2N(c2ccc(-c3cccc4c3oc3ccccc34)cc2)c2ccccc2-c2cccc(-c3ccccc3-n3c4ccccc4c4ccccc43)c2)cc1. The van der Waals surface area contributed by atoms with Crippen molar-refractivity contribution in [1.82, 2.24) is 4.57 Å². The van der Waals surface area contributed by atoms with Crippen molar-refractivity contribution in [3.05, 3.63) is 267 Å². The van der Waals surface area contributed by atoms with Gasteiger partial charge in [0, 0.05) is 49.5 Å². The van der Waals surface area contributed by atoms with Gasteiger partial charge in [-0.1, -0.05) is 212 Å². The van der Waals surface area contributed by atoms with Crippen LogP contribution in [0, 0.1) is 0 Å². The molecule has 2 aromatic heterocycles. The maximum absolute atomic E-state index is 6.53. The Morgan fingerprint density at radius 1 is 0.290 bits per heavy atom. The Labute approximate surface area is 401 Å². The molecule has 0 amide bonds. The number of furan rings is 1. The van der Waals surface area contributed by atoms with Gasteiger partial charge in [0.25, 0.3) is 0 Å². The molecule has 0 aliphatic carbocycles. The van der Waals surface area contributed by atoms with Gasteiger partial charge >= 0.3 is 0 Å². The molecule has 3 heteroatoms. The third-order valence-corrected chi connectivity index (χ3v) is 13.6. The highest BCUT2D eigenvalue weighted by atomic mass is 16.3. The van der Waals surface area contributed by atoms with E-state index in [0.29, 0.717) is 0 Å². The molecule has 3 nitrogen and oxygen atoms in total. The van der Waals surface area contributed by atoms with Crippen LogP contribution in [0.5, 0.6) is 0 Å². The summed E-state index contributed by atoms with van der Waals surface area (Å²) in [4.78, 5) is 2.44. The Balaban J connectivity index is 0.985. The highest BCUT2D eigenvalue weighted by Gasteiger charge is 2.23. The first-order valence-corrected chi connectivity index (χ1v) is 23.6. The first-order chi connectivity index (χ1) is 34.3. The Bertz CT molecular complexity index is 3970. The summed E-state index contributed by atoms with van der Waals surface area (Å²) in [5.41, 5.74) is 19.9. The lowest BCUT2D eigenvalue weighted by molar-refractivity contribution is 0.670. The molecule has 2 heterocycles. The molecule has 0 spiro atoms. The van der Waals surface area contributed by atoms with Crippen molar-refractivity contribution in [2.24, 2.45) is 0 Å². The lowest BCUT2D eigenvalue weighted by Crippen LogP contribution is -2.12. The fraction of sp³-hybridized carbons (Fsp3) is 0. The summed E-state index contributed by atoms with van der Waals surface area (Å²) >= 11 is 0. The lowest BCUT2D eigenvalue weighted by Gasteiger charge is -2.30. The number of nitrogens with zero attached hydrogens (tertiary/aromatic N) is 2. The van der Waals surface area contributed by atoms with Crippen molar-refractivity contribution < 1.29 is 4.42 Å². The summed E-state index contributed by atoms with van der Waals surface area (Å²) in [7, 11) is 0. The third-order valence-electron chi connectivity index (χ3n) is 13.6. The highest BCUT2D eigenvalue weighted by Crippen LogP contribution is 2.48.